The Morgan fingerprint density at radius 2 is 1.80 bits per heavy atom. The van der Waals surface area contributed by atoms with Gasteiger partial charge in [0.15, 0.2) is 0 Å². The van der Waals surface area contributed by atoms with Gasteiger partial charge in [0.05, 0.1) is 5.56 Å². The molecule has 1 aliphatic heterocycles. The van der Waals surface area contributed by atoms with E-state index in [0.29, 0.717) is 6.07 Å². The predicted octanol–water partition coefficient (Wildman–Crippen LogP) is 3.29. The summed E-state index contributed by atoms with van der Waals surface area (Å²) >= 11 is 0. The second-order valence-electron chi connectivity index (χ2n) is 3.26. The number of alkyl halides is 4. The summed E-state index contributed by atoms with van der Waals surface area (Å²) in [6, 6.07) is 2.06. The van der Waals surface area contributed by atoms with Gasteiger partial charge in [0.1, 0.15) is 18.0 Å². The zero-order chi connectivity index (χ0) is 11.3. The zero-order valence-corrected chi connectivity index (χ0v) is 7.24. The van der Waals surface area contributed by atoms with Crippen molar-refractivity contribution < 1.29 is 26.7 Å². The van der Waals surface area contributed by atoms with Crippen molar-refractivity contribution in [3.8, 4) is 5.75 Å². The lowest BCUT2D eigenvalue weighted by Gasteiger charge is -2.31. The van der Waals surface area contributed by atoms with E-state index in [1.165, 1.54) is 0 Å². The quantitative estimate of drug-likeness (QED) is 0.614. The maximum atomic E-state index is 13.1. The van der Waals surface area contributed by atoms with Gasteiger partial charge in [-0.15, -0.1) is 0 Å². The lowest BCUT2D eigenvalue weighted by atomic mass is 10.0. The average molecular weight is 224 g/mol. The molecule has 0 amide bonds. The van der Waals surface area contributed by atoms with Gasteiger partial charge in [0, 0.05) is 0 Å². The lowest BCUT2D eigenvalue weighted by Crippen LogP contribution is -2.37. The first-order chi connectivity index (χ1) is 6.80. The number of halogens is 5. The van der Waals surface area contributed by atoms with Crippen LogP contribution in [0.4, 0.5) is 22.0 Å². The molecule has 2 rings (SSSR count). The minimum atomic E-state index is -3.92. The first-order valence-electron chi connectivity index (χ1n) is 4.05. The molecule has 1 nitrogen and oxygen atoms in total. The molecule has 6 heteroatoms. The van der Waals surface area contributed by atoms with Crippen molar-refractivity contribution in [2.75, 3.05) is 0 Å². The first kappa shape index (κ1) is 10.2. The van der Waals surface area contributed by atoms with Gasteiger partial charge in [0.2, 0.25) is 0 Å². The summed E-state index contributed by atoms with van der Waals surface area (Å²) in [7, 11) is 0. The molecule has 1 heterocycles. The molecule has 0 fully saturated rings. The maximum Gasteiger partial charge on any atom is 0.404 e. The monoisotopic (exact) mass is 224 g/mol. The average Bonchev–Trinajstić information content (AvgIpc) is 2.03. The van der Waals surface area contributed by atoms with Gasteiger partial charge in [-0.05, 0) is 18.2 Å². The Balaban J connectivity index is 2.55. The summed E-state index contributed by atoms with van der Waals surface area (Å²) in [5, 5.41) is 0. The van der Waals surface area contributed by atoms with E-state index in [1.54, 1.807) is 0 Å². The summed E-state index contributed by atoms with van der Waals surface area (Å²) in [6.07, 6.45) is -5.69. The van der Waals surface area contributed by atoms with E-state index in [4.69, 9.17) is 0 Å². The highest BCUT2D eigenvalue weighted by Gasteiger charge is 2.52. The van der Waals surface area contributed by atoms with E-state index < -0.39 is 35.6 Å². The van der Waals surface area contributed by atoms with Crippen molar-refractivity contribution in [1.29, 1.82) is 0 Å². The van der Waals surface area contributed by atoms with Crippen LogP contribution in [0.15, 0.2) is 18.2 Å². The number of hydrogen-bond donors (Lipinski definition) is 0. The number of benzene rings is 1. The van der Waals surface area contributed by atoms with Crippen LogP contribution >= 0.6 is 0 Å². The molecular formula is C9H5F5O. The van der Waals surface area contributed by atoms with Crippen LogP contribution in [0.25, 0.3) is 0 Å². The highest BCUT2D eigenvalue weighted by atomic mass is 19.3. The van der Waals surface area contributed by atoms with Gasteiger partial charge in [0.25, 0.3) is 5.92 Å². The highest BCUT2D eigenvalue weighted by molar-refractivity contribution is 5.39. The third-order valence-corrected chi connectivity index (χ3v) is 2.02. The van der Waals surface area contributed by atoms with Crippen LogP contribution in [0.5, 0.6) is 5.75 Å². The predicted molar refractivity (Wildman–Crippen MR) is 40.5 cm³/mol. The molecule has 0 atom stereocenters. The van der Waals surface area contributed by atoms with E-state index in [1.807, 2.05) is 0 Å². The fourth-order valence-electron chi connectivity index (χ4n) is 1.43. The van der Waals surface area contributed by atoms with Gasteiger partial charge in [-0.1, -0.05) is 0 Å². The minimum absolute atomic E-state index is 0.505. The lowest BCUT2D eigenvalue weighted by molar-refractivity contribution is -0.239. The second kappa shape index (κ2) is 2.84. The molecule has 0 unspecified atom stereocenters. The molecule has 1 aromatic carbocycles. The van der Waals surface area contributed by atoms with Crippen molar-refractivity contribution in [3.05, 3.63) is 29.6 Å². The molecule has 1 aliphatic rings. The number of hydrogen-bond acceptors (Lipinski definition) is 1. The molecule has 0 spiro atoms. The summed E-state index contributed by atoms with van der Waals surface area (Å²) < 4.78 is 68.3. The van der Waals surface area contributed by atoms with Crippen molar-refractivity contribution in [2.45, 2.75) is 18.5 Å². The first-order valence-corrected chi connectivity index (χ1v) is 4.05. The van der Waals surface area contributed by atoms with Crippen LogP contribution in [0.2, 0.25) is 0 Å². The van der Waals surface area contributed by atoms with E-state index in [9.17, 15) is 22.0 Å². The van der Waals surface area contributed by atoms with Crippen molar-refractivity contribution >= 4 is 0 Å². The summed E-state index contributed by atoms with van der Waals surface area (Å²) in [5.41, 5.74) is -0.839. The largest absolute Gasteiger partial charge is 0.432 e. The number of ether oxygens (including phenoxy) is 1. The SMILES string of the molecule is Fc1ccc2c(c1)C(F)(F)CC(F)(F)O2. The molecule has 0 aliphatic carbocycles. The molecule has 0 radical (unpaired) electrons. The van der Waals surface area contributed by atoms with Gasteiger partial charge >= 0.3 is 6.11 Å². The summed E-state index contributed by atoms with van der Waals surface area (Å²) in [5.74, 6) is -5.38. The van der Waals surface area contributed by atoms with Gasteiger partial charge < -0.3 is 4.74 Å². The van der Waals surface area contributed by atoms with Gasteiger partial charge in [-0.3, -0.25) is 0 Å². The molecule has 0 saturated carbocycles. The maximum absolute atomic E-state index is 13.1. The van der Waals surface area contributed by atoms with Crippen molar-refractivity contribution in [3.63, 3.8) is 0 Å². The molecule has 0 aromatic heterocycles. The highest BCUT2D eigenvalue weighted by Crippen LogP contribution is 2.48. The molecule has 82 valence electrons. The number of fused-ring (bicyclic) bond motifs is 1. The Labute approximate surface area is 81.5 Å². The molecular weight excluding hydrogens is 219 g/mol. The minimum Gasteiger partial charge on any atom is -0.432 e. The van der Waals surface area contributed by atoms with Crippen LogP contribution in [-0.2, 0) is 5.92 Å². The van der Waals surface area contributed by atoms with Crippen LogP contribution in [-0.4, -0.2) is 6.11 Å². The number of rotatable bonds is 0. The van der Waals surface area contributed by atoms with Crippen LogP contribution in [0, 0.1) is 5.82 Å². The summed E-state index contributed by atoms with van der Waals surface area (Å²) in [6.45, 7) is 0. The Morgan fingerprint density at radius 3 is 2.47 bits per heavy atom. The Bertz CT molecular complexity index is 401. The topological polar surface area (TPSA) is 9.23 Å². The van der Waals surface area contributed by atoms with Crippen LogP contribution < -0.4 is 4.74 Å². The van der Waals surface area contributed by atoms with Crippen LogP contribution in [0.3, 0.4) is 0 Å². The fourth-order valence-corrected chi connectivity index (χ4v) is 1.43. The van der Waals surface area contributed by atoms with Gasteiger partial charge in [-0.25, -0.2) is 13.2 Å². The van der Waals surface area contributed by atoms with E-state index >= 15 is 0 Å². The smallest absolute Gasteiger partial charge is 0.404 e. The molecule has 0 N–H and O–H groups in total. The van der Waals surface area contributed by atoms with Gasteiger partial charge in [-0.2, -0.15) is 8.78 Å². The molecule has 1 aromatic rings. The third kappa shape index (κ3) is 1.75. The zero-order valence-electron chi connectivity index (χ0n) is 7.24. The normalized spacial score (nSPS) is 21.7. The van der Waals surface area contributed by atoms with E-state index in [0.717, 1.165) is 12.1 Å². The molecule has 0 saturated heterocycles. The van der Waals surface area contributed by atoms with Crippen molar-refractivity contribution in [1.82, 2.24) is 0 Å². The van der Waals surface area contributed by atoms with Crippen molar-refractivity contribution in [2.24, 2.45) is 0 Å². The molecule has 0 bridgehead atoms. The standard InChI is InChI=1S/C9H5F5O/c10-5-1-2-7-6(3-5)8(11,12)4-9(13,14)15-7/h1-3H,4H2. The Kier molecular flexibility index (Phi) is 1.93. The molecule has 15 heavy (non-hydrogen) atoms. The Morgan fingerprint density at radius 1 is 1.13 bits per heavy atom. The van der Waals surface area contributed by atoms with E-state index in [2.05, 4.69) is 4.74 Å². The van der Waals surface area contributed by atoms with E-state index in [-0.39, 0.29) is 0 Å². The van der Waals surface area contributed by atoms with Crippen LogP contribution in [0.1, 0.15) is 12.0 Å². The fraction of sp³-hybridized carbons (Fsp3) is 0.333. The Hall–Kier alpha value is -1.33. The third-order valence-electron chi connectivity index (χ3n) is 2.02. The summed E-state index contributed by atoms with van der Waals surface area (Å²) in [4.78, 5) is 0. The second-order valence-corrected chi connectivity index (χ2v) is 3.26.